The quantitative estimate of drug-likeness (QED) is 0.939. The predicted molar refractivity (Wildman–Crippen MR) is 89.8 cm³/mol. The molecule has 0 bridgehead atoms. The highest BCUT2D eigenvalue weighted by atomic mass is 35.5. The molecule has 2 aromatic carbocycles. The lowest BCUT2D eigenvalue weighted by Crippen LogP contribution is -2.35. The molecule has 0 aromatic heterocycles. The Hall–Kier alpha value is -2.35. The number of Topliss-reactive ketones (excluding diaryl/α,β-unsaturated/α-hetero) is 1. The van der Waals surface area contributed by atoms with Crippen molar-refractivity contribution in [1.82, 2.24) is 0 Å². The number of hydrogen-bond donors (Lipinski definition) is 1. The smallest absolute Gasteiger partial charge is 0.179 e. The normalized spacial score (nSPS) is 16.0. The van der Waals surface area contributed by atoms with E-state index in [0.717, 1.165) is 11.1 Å². The minimum absolute atomic E-state index is 0. The highest BCUT2D eigenvalue weighted by molar-refractivity contribution is 6.03. The van der Waals surface area contributed by atoms with Gasteiger partial charge in [0, 0.05) is 5.56 Å². The number of carbonyl (C=O) groups excluding carboxylic acids is 1. The second-order valence-electron chi connectivity index (χ2n) is 5.36. The third-order valence-corrected chi connectivity index (χ3v) is 3.93. The Morgan fingerprint density at radius 1 is 1.22 bits per heavy atom. The first-order valence-corrected chi connectivity index (χ1v) is 7.23. The maximum Gasteiger partial charge on any atom is 0.179 e. The number of fused-ring (bicyclic) bond motifs is 1. The molecular weight excluding hydrogens is 312 g/mol. The van der Waals surface area contributed by atoms with Gasteiger partial charge in [-0.05, 0) is 36.1 Å². The first kappa shape index (κ1) is 17.0. The van der Waals surface area contributed by atoms with E-state index in [2.05, 4.69) is 6.07 Å². The standard InChI is InChI=1S/C18H16N2O2.ClH/c19-10-15-13-6-8-16(20)18(21)14(13)7-9-17(15)22-11-12-4-2-1-3-5-12;/h1-5,7,9,16H,6,8,11,20H2;1H. The summed E-state index contributed by atoms with van der Waals surface area (Å²) in [5, 5.41) is 9.45. The molecule has 1 aliphatic rings. The van der Waals surface area contributed by atoms with Crippen molar-refractivity contribution in [2.75, 3.05) is 0 Å². The fourth-order valence-electron chi connectivity index (χ4n) is 2.73. The largest absolute Gasteiger partial charge is 0.488 e. The Morgan fingerprint density at radius 2 is 1.96 bits per heavy atom. The molecule has 0 saturated heterocycles. The van der Waals surface area contributed by atoms with Crippen LogP contribution in [-0.4, -0.2) is 11.8 Å². The summed E-state index contributed by atoms with van der Waals surface area (Å²) in [7, 11) is 0. The van der Waals surface area contributed by atoms with E-state index in [0.29, 0.717) is 36.3 Å². The number of benzene rings is 2. The molecule has 0 amide bonds. The maximum atomic E-state index is 12.1. The summed E-state index contributed by atoms with van der Waals surface area (Å²) in [6, 6.07) is 14.9. The van der Waals surface area contributed by atoms with Crippen molar-refractivity contribution in [1.29, 1.82) is 5.26 Å². The van der Waals surface area contributed by atoms with Crippen molar-refractivity contribution < 1.29 is 9.53 Å². The second kappa shape index (κ2) is 7.28. The lowest BCUT2D eigenvalue weighted by molar-refractivity contribution is 0.0948. The lowest BCUT2D eigenvalue weighted by Gasteiger charge is -2.22. The van der Waals surface area contributed by atoms with E-state index in [4.69, 9.17) is 10.5 Å². The van der Waals surface area contributed by atoms with Crippen LogP contribution >= 0.6 is 12.4 Å². The highest BCUT2D eigenvalue weighted by Gasteiger charge is 2.27. The molecule has 1 aliphatic carbocycles. The van der Waals surface area contributed by atoms with Crippen LogP contribution in [0.2, 0.25) is 0 Å². The molecule has 4 nitrogen and oxygen atoms in total. The summed E-state index contributed by atoms with van der Waals surface area (Å²) < 4.78 is 5.78. The van der Waals surface area contributed by atoms with E-state index in [1.165, 1.54) is 0 Å². The van der Waals surface area contributed by atoms with E-state index in [1.54, 1.807) is 12.1 Å². The molecule has 118 valence electrons. The molecule has 3 rings (SSSR count). The number of halogens is 1. The van der Waals surface area contributed by atoms with Crippen LogP contribution < -0.4 is 10.5 Å². The van der Waals surface area contributed by atoms with Gasteiger partial charge in [-0.2, -0.15) is 5.26 Å². The third-order valence-electron chi connectivity index (χ3n) is 3.93. The molecule has 0 aliphatic heterocycles. The minimum atomic E-state index is -0.463. The zero-order valence-electron chi connectivity index (χ0n) is 12.5. The fourth-order valence-corrected chi connectivity index (χ4v) is 2.73. The average molecular weight is 329 g/mol. The second-order valence-corrected chi connectivity index (χ2v) is 5.36. The molecule has 2 N–H and O–H groups in total. The zero-order chi connectivity index (χ0) is 15.5. The fraction of sp³-hybridized carbons (Fsp3) is 0.222. The van der Waals surface area contributed by atoms with Gasteiger partial charge in [0.1, 0.15) is 18.4 Å². The molecule has 5 heteroatoms. The Morgan fingerprint density at radius 3 is 2.65 bits per heavy atom. The van der Waals surface area contributed by atoms with E-state index in [1.807, 2.05) is 30.3 Å². The minimum Gasteiger partial charge on any atom is -0.488 e. The maximum absolute atomic E-state index is 12.1. The van der Waals surface area contributed by atoms with Gasteiger partial charge in [-0.15, -0.1) is 12.4 Å². The third kappa shape index (κ3) is 3.37. The molecular formula is C18H17ClN2O2. The van der Waals surface area contributed by atoms with Gasteiger partial charge in [0.15, 0.2) is 5.78 Å². The SMILES string of the molecule is Cl.N#Cc1c(OCc2ccccc2)ccc2c1CCC(N)C2=O. The number of ketones is 1. The van der Waals surface area contributed by atoms with Gasteiger partial charge < -0.3 is 10.5 Å². The molecule has 0 saturated carbocycles. The molecule has 0 spiro atoms. The number of hydrogen-bond acceptors (Lipinski definition) is 4. The van der Waals surface area contributed by atoms with Crippen LogP contribution in [-0.2, 0) is 13.0 Å². The first-order valence-electron chi connectivity index (χ1n) is 7.23. The number of ether oxygens (including phenoxy) is 1. The van der Waals surface area contributed by atoms with Crippen molar-refractivity contribution in [3.05, 3.63) is 64.7 Å². The van der Waals surface area contributed by atoms with E-state index in [-0.39, 0.29) is 18.2 Å². The van der Waals surface area contributed by atoms with Crippen molar-refractivity contribution in [2.45, 2.75) is 25.5 Å². The number of nitrogens with two attached hydrogens (primary N) is 1. The van der Waals surface area contributed by atoms with E-state index < -0.39 is 6.04 Å². The van der Waals surface area contributed by atoms with Crippen LogP contribution in [0.5, 0.6) is 5.75 Å². The van der Waals surface area contributed by atoms with Gasteiger partial charge in [0.05, 0.1) is 11.6 Å². The number of nitriles is 1. The summed E-state index contributed by atoms with van der Waals surface area (Å²) in [5.74, 6) is 0.431. The highest BCUT2D eigenvalue weighted by Crippen LogP contribution is 2.30. The molecule has 0 radical (unpaired) electrons. The average Bonchev–Trinajstić information content (AvgIpc) is 2.56. The van der Waals surface area contributed by atoms with Crippen LogP contribution in [0.3, 0.4) is 0 Å². The van der Waals surface area contributed by atoms with Crippen LogP contribution in [0.15, 0.2) is 42.5 Å². The summed E-state index contributed by atoms with van der Waals surface area (Å²) in [4.78, 5) is 12.1. The number of carbonyl (C=O) groups is 1. The van der Waals surface area contributed by atoms with E-state index in [9.17, 15) is 10.1 Å². The Bertz CT molecular complexity index is 754. The van der Waals surface area contributed by atoms with Crippen molar-refractivity contribution in [3.8, 4) is 11.8 Å². The van der Waals surface area contributed by atoms with Crippen molar-refractivity contribution in [2.24, 2.45) is 5.73 Å². The monoisotopic (exact) mass is 328 g/mol. The number of rotatable bonds is 3. The molecule has 1 atom stereocenters. The Labute approximate surface area is 141 Å². The lowest BCUT2D eigenvalue weighted by atomic mass is 9.85. The summed E-state index contributed by atoms with van der Waals surface area (Å²) in [6.45, 7) is 0.391. The van der Waals surface area contributed by atoms with Gasteiger partial charge in [0.25, 0.3) is 0 Å². The first-order chi connectivity index (χ1) is 10.7. The van der Waals surface area contributed by atoms with Gasteiger partial charge in [-0.1, -0.05) is 30.3 Å². The molecule has 0 heterocycles. The summed E-state index contributed by atoms with van der Waals surface area (Å²) >= 11 is 0. The molecule has 23 heavy (non-hydrogen) atoms. The van der Waals surface area contributed by atoms with Gasteiger partial charge in [0.2, 0.25) is 0 Å². The van der Waals surface area contributed by atoms with Crippen LogP contribution in [0.4, 0.5) is 0 Å². The summed E-state index contributed by atoms with van der Waals surface area (Å²) in [5.41, 5.74) is 8.60. The summed E-state index contributed by atoms with van der Waals surface area (Å²) in [6.07, 6.45) is 1.20. The van der Waals surface area contributed by atoms with Gasteiger partial charge in [-0.3, -0.25) is 4.79 Å². The van der Waals surface area contributed by atoms with Crippen molar-refractivity contribution in [3.63, 3.8) is 0 Å². The van der Waals surface area contributed by atoms with Gasteiger partial charge >= 0.3 is 0 Å². The van der Waals surface area contributed by atoms with Crippen LogP contribution in [0.1, 0.15) is 33.5 Å². The van der Waals surface area contributed by atoms with Crippen LogP contribution in [0.25, 0.3) is 0 Å². The van der Waals surface area contributed by atoms with Crippen LogP contribution in [0, 0.1) is 11.3 Å². The molecule has 1 unspecified atom stereocenters. The zero-order valence-corrected chi connectivity index (χ0v) is 13.3. The molecule has 0 fully saturated rings. The predicted octanol–water partition coefficient (Wildman–Crippen LogP) is 3.02. The van der Waals surface area contributed by atoms with E-state index >= 15 is 0 Å². The Kier molecular flexibility index (Phi) is 5.38. The van der Waals surface area contributed by atoms with Crippen molar-refractivity contribution >= 4 is 18.2 Å². The Balaban J connectivity index is 0.00000192. The topological polar surface area (TPSA) is 76.1 Å². The number of nitrogens with zero attached hydrogens (tertiary/aromatic N) is 1. The van der Waals surface area contributed by atoms with Gasteiger partial charge in [-0.25, -0.2) is 0 Å². The molecule has 2 aromatic rings.